The molecule has 4 aliphatic carbocycles. The van der Waals surface area contributed by atoms with Gasteiger partial charge in [0.2, 0.25) is 17.6 Å². The highest BCUT2D eigenvalue weighted by atomic mass is 16.2. The van der Waals surface area contributed by atoms with Crippen LogP contribution in [-0.4, -0.2) is 61.7 Å². The van der Waals surface area contributed by atoms with E-state index < -0.39 is 35.1 Å². The van der Waals surface area contributed by atoms with Gasteiger partial charge in [0.25, 0.3) is 17.4 Å². The number of hydrogen-bond acceptors (Lipinski definition) is 7. The van der Waals surface area contributed by atoms with Crippen LogP contribution in [0.15, 0.2) is 35.6 Å². The molecule has 0 saturated heterocycles. The minimum Gasteiger partial charge on any atom is -0.350 e. The number of aryl methyl sites for hydroxylation is 1. The van der Waals surface area contributed by atoms with Crippen molar-refractivity contribution < 1.29 is 24.0 Å². The molecule has 43 heavy (non-hydrogen) atoms. The van der Waals surface area contributed by atoms with Crippen molar-refractivity contribution in [2.75, 3.05) is 11.9 Å². The molecule has 0 radical (unpaired) electrons. The van der Waals surface area contributed by atoms with Gasteiger partial charge in [0.15, 0.2) is 0 Å². The lowest BCUT2D eigenvalue weighted by molar-refractivity contribution is -0.138. The number of ketones is 1. The van der Waals surface area contributed by atoms with Gasteiger partial charge in [-0.05, 0) is 74.8 Å². The maximum absolute atomic E-state index is 13.3. The van der Waals surface area contributed by atoms with Crippen molar-refractivity contribution in [3.63, 3.8) is 0 Å². The number of imidazole rings is 1. The Bertz CT molecular complexity index is 1510. The molecule has 4 amide bonds. The fourth-order valence-electron chi connectivity index (χ4n) is 7.66. The maximum atomic E-state index is 13.3. The number of hydrogen-bond donors (Lipinski definition) is 4. The summed E-state index contributed by atoms with van der Waals surface area (Å²) in [5.74, 6) is -1.85. The molecule has 4 N–H and O–H groups in total. The van der Waals surface area contributed by atoms with Gasteiger partial charge in [0.1, 0.15) is 24.0 Å². The van der Waals surface area contributed by atoms with Crippen LogP contribution >= 0.6 is 0 Å². The van der Waals surface area contributed by atoms with Gasteiger partial charge in [-0.2, -0.15) is 0 Å². The second-order valence-corrected chi connectivity index (χ2v) is 12.7. The van der Waals surface area contributed by atoms with Crippen molar-refractivity contribution >= 4 is 35.1 Å². The van der Waals surface area contributed by atoms with Crippen LogP contribution in [0.3, 0.4) is 0 Å². The maximum Gasteiger partial charge on any atom is 0.287 e. The van der Waals surface area contributed by atoms with Gasteiger partial charge >= 0.3 is 0 Å². The largest absolute Gasteiger partial charge is 0.350 e. The van der Waals surface area contributed by atoms with E-state index in [0.29, 0.717) is 11.8 Å². The topological polar surface area (TPSA) is 173 Å². The standard InChI is InChI=1S/C30H39N7O6/c1-4-32-27(42)23(38)8-7-20(33-26(41)22-14-31-17-36(22)3)25(40)34-21-6-5-9-37(28(21)43)15-24(39)35-30-12-18-10-19(13-30)29(2,11-18)16-30/h5-6,9,14,17-20H,4,7-8,10-13,15-16H2,1-3H3,(H,32,42)(H,33,41)(H,34,40)(H,35,39)/t18?,19?,20-,29?,30?/m0/s1. The molecule has 2 aromatic heterocycles. The Morgan fingerprint density at radius 2 is 1.95 bits per heavy atom. The zero-order chi connectivity index (χ0) is 30.9. The summed E-state index contributed by atoms with van der Waals surface area (Å²) in [6.07, 6.45) is 9.12. The van der Waals surface area contributed by atoms with Crippen molar-refractivity contribution in [3.05, 3.63) is 46.9 Å². The second kappa shape index (κ2) is 11.8. The summed E-state index contributed by atoms with van der Waals surface area (Å²) in [6, 6.07) is 1.71. The van der Waals surface area contributed by atoms with Crippen LogP contribution in [0.1, 0.15) is 69.3 Å². The number of pyridine rings is 1. The molecule has 2 heterocycles. The summed E-state index contributed by atoms with van der Waals surface area (Å²) in [6.45, 7) is 4.07. The van der Waals surface area contributed by atoms with Crippen molar-refractivity contribution in [1.82, 2.24) is 30.1 Å². The fourth-order valence-corrected chi connectivity index (χ4v) is 7.66. The Labute approximate surface area is 249 Å². The third-order valence-corrected chi connectivity index (χ3v) is 9.34. The smallest absolute Gasteiger partial charge is 0.287 e. The van der Waals surface area contributed by atoms with Crippen LogP contribution in [0, 0.1) is 17.3 Å². The first-order valence-corrected chi connectivity index (χ1v) is 14.8. The van der Waals surface area contributed by atoms with Gasteiger partial charge in [-0.15, -0.1) is 0 Å². The van der Waals surface area contributed by atoms with E-state index >= 15 is 0 Å². The van der Waals surface area contributed by atoms with E-state index in [4.69, 9.17) is 0 Å². The first kappa shape index (κ1) is 30.2. The number of nitrogens with zero attached hydrogens (tertiary/aromatic N) is 3. The second-order valence-electron chi connectivity index (χ2n) is 12.7. The van der Waals surface area contributed by atoms with E-state index in [1.807, 2.05) is 0 Å². The Morgan fingerprint density at radius 1 is 1.16 bits per heavy atom. The van der Waals surface area contributed by atoms with Crippen molar-refractivity contribution in [1.29, 1.82) is 0 Å². The first-order chi connectivity index (χ1) is 20.4. The molecule has 13 heteroatoms. The molecular weight excluding hydrogens is 554 g/mol. The summed E-state index contributed by atoms with van der Waals surface area (Å²) >= 11 is 0. The number of likely N-dealkylation sites (N-methyl/N-ethyl adjacent to an activating group) is 1. The predicted molar refractivity (Wildman–Crippen MR) is 156 cm³/mol. The number of aromatic nitrogens is 3. The molecule has 4 aliphatic rings. The van der Waals surface area contributed by atoms with E-state index in [-0.39, 0.29) is 54.2 Å². The van der Waals surface area contributed by atoms with Crippen molar-refractivity contribution in [2.24, 2.45) is 24.3 Å². The molecule has 13 nitrogen and oxygen atoms in total. The number of anilines is 1. The Hall–Kier alpha value is -4.29. The Balaban J connectivity index is 1.26. The SMILES string of the molecule is CCNC(=O)C(=O)CC[C@H](NC(=O)c1cncn1C)C(=O)Nc1cccn(CC(=O)NC23CC4CC(C2)C(C)(C4)C3)c1=O. The monoisotopic (exact) mass is 593 g/mol. The summed E-state index contributed by atoms with van der Waals surface area (Å²) in [7, 11) is 1.61. The first-order valence-electron chi connectivity index (χ1n) is 14.8. The molecule has 0 spiro atoms. The van der Waals surface area contributed by atoms with Gasteiger partial charge in [0.05, 0.1) is 12.5 Å². The summed E-state index contributed by atoms with van der Waals surface area (Å²) in [4.78, 5) is 80.6. The van der Waals surface area contributed by atoms with Crippen molar-refractivity contribution in [2.45, 2.75) is 76.9 Å². The van der Waals surface area contributed by atoms with Crippen LogP contribution < -0.4 is 26.8 Å². The molecule has 4 bridgehead atoms. The van der Waals surface area contributed by atoms with Crippen molar-refractivity contribution in [3.8, 4) is 0 Å². The highest BCUT2D eigenvalue weighted by molar-refractivity contribution is 6.36. The molecule has 0 aliphatic heterocycles. The molecule has 230 valence electrons. The number of rotatable bonds is 12. The summed E-state index contributed by atoms with van der Waals surface area (Å²) in [5, 5.41) is 10.8. The lowest BCUT2D eigenvalue weighted by Gasteiger charge is -2.40. The third kappa shape index (κ3) is 6.25. The number of carbonyl (C=O) groups excluding carboxylic acids is 5. The number of amides is 4. The van der Waals surface area contributed by atoms with E-state index in [0.717, 1.165) is 19.3 Å². The molecule has 5 atom stereocenters. The average molecular weight is 594 g/mol. The Kier molecular flexibility index (Phi) is 8.26. The normalized spacial score (nSPS) is 25.7. The highest BCUT2D eigenvalue weighted by Crippen LogP contribution is 2.66. The van der Waals surface area contributed by atoms with Crippen LogP contribution in [0.4, 0.5) is 5.69 Å². The molecular formula is C30H39N7O6. The Morgan fingerprint density at radius 3 is 2.63 bits per heavy atom. The zero-order valence-corrected chi connectivity index (χ0v) is 24.8. The molecule has 4 saturated carbocycles. The van der Waals surface area contributed by atoms with Crippen LogP contribution in [0.5, 0.6) is 0 Å². The predicted octanol–water partition coefficient (Wildman–Crippen LogP) is 0.889. The van der Waals surface area contributed by atoms with Crippen LogP contribution in [0.2, 0.25) is 0 Å². The molecule has 4 fully saturated rings. The van der Waals surface area contributed by atoms with E-state index in [1.165, 1.54) is 46.8 Å². The highest BCUT2D eigenvalue weighted by Gasteiger charge is 2.62. The molecule has 6 rings (SSSR count). The minimum absolute atomic E-state index is 0.0827. The minimum atomic E-state index is -1.24. The van der Waals surface area contributed by atoms with Crippen LogP contribution in [0.25, 0.3) is 0 Å². The molecule has 4 unspecified atom stereocenters. The van der Waals surface area contributed by atoms with Gasteiger partial charge in [-0.3, -0.25) is 28.8 Å². The van der Waals surface area contributed by atoms with E-state index in [9.17, 15) is 28.8 Å². The molecule has 2 aromatic rings. The van der Waals surface area contributed by atoms with E-state index in [1.54, 1.807) is 20.0 Å². The van der Waals surface area contributed by atoms with Gasteiger partial charge in [0, 0.05) is 31.7 Å². The summed E-state index contributed by atoms with van der Waals surface area (Å²) in [5.41, 5.74) is -0.414. The number of carbonyl (C=O) groups is 5. The number of Topliss-reactive ketones (excluding diaryl/α,β-unsaturated/α-hetero) is 1. The quantitative estimate of drug-likeness (QED) is 0.265. The van der Waals surface area contributed by atoms with Crippen LogP contribution in [-0.2, 0) is 32.8 Å². The third-order valence-electron chi connectivity index (χ3n) is 9.34. The lowest BCUT2D eigenvalue weighted by atomic mass is 9.72. The molecule has 0 aromatic carbocycles. The summed E-state index contributed by atoms with van der Waals surface area (Å²) < 4.78 is 2.70. The number of nitrogens with one attached hydrogen (secondary N) is 4. The lowest BCUT2D eigenvalue weighted by Crippen LogP contribution is -2.52. The average Bonchev–Trinajstić information content (AvgIpc) is 3.53. The van der Waals surface area contributed by atoms with Gasteiger partial charge in [-0.25, -0.2) is 4.98 Å². The van der Waals surface area contributed by atoms with Gasteiger partial charge in [-0.1, -0.05) is 6.92 Å². The fraction of sp³-hybridized carbons (Fsp3) is 0.567. The van der Waals surface area contributed by atoms with Gasteiger partial charge < -0.3 is 30.4 Å². The van der Waals surface area contributed by atoms with E-state index in [2.05, 4.69) is 33.2 Å². The zero-order valence-electron chi connectivity index (χ0n) is 24.8.